The quantitative estimate of drug-likeness (QED) is 0.886. The number of aromatic nitrogens is 2. The van der Waals surface area contributed by atoms with Gasteiger partial charge in [-0.2, -0.15) is 0 Å². The molecule has 1 heterocycles. The lowest BCUT2D eigenvalue weighted by molar-refractivity contribution is 0.131. The summed E-state index contributed by atoms with van der Waals surface area (Å²) in [5, 5.41) is 0.706. The Morgan fingerprint density at radius 3 is 2.62 bits per heavy atom. The van der Waals surface area contributed by atoms with Crippen LogP contribution in [0.2, 0.25) is 0 Å². The van der Waals surface area contributed by atoms with Crippen molar-refractivity contribution < 1.29 is 0 Å². The fourth-order valence-electron chi connectivity index (χ4n) is 3.42. The Labute approximate surface area is 129 Å². The van der Waals surface area contributed by atoms with Gasteiger partial charge in [0.15, 0.2) is 4.77 Å². The number of hydrogen-bond acceptors (Lipinski definition) is 3. The van der Waals surface area contributed by atoms with Gasteiger partial charge in [0.05, 0.1) is 10.9 Å². The number of benzene rings is 1. The number of likely N-dealkylation sites (N-methyl/N-ethyl adjacent to an activating group) is 1. The van der Waals surface area contributed by atoms with E-state index in [0.717, 1.165) is 18.4 Å². The molecule has 3 rings (SSSR count). The van der Waals surface area contributed by atoms with Crippen molar-refractivity contribution in [3.05, 3.63) is 39.4 Å². The molecule has 0 saturated heterocycles. The first-order valence-corrected chi connectivity index (χ1v) is 7.84. The minimum atomic E-state index is 0.0162. The second kappa shape index (κ2) is 5.39. The van der Waals surface area contributed by atoms with Gasteiger partial charge in [-0.05, 0) is 51.3 Å². The monoisotopic (exact) mass is 303 g/mol. The molecule has 0 radical (unpaired) electrons. The molecule has 0 unspecified atom stereocenters. The van der Waals surface area contributed by atoms with Gasteiger partial charge in [-0.25, -0.2) is 0 Å². The van der Waals surface area contributed by atoms with E-state index in [-0.39, 0.29) is 11.1 Å². The van der Waals surface area contributed by atoms with Gasteiger partial charge in [0.2, 0.25) is 0 Å². The average molecular weight is 303 g/mol. The number of nitrogens with zero attached hydrogens (tertiary/aromatic N) is 2. The maximum absolute atomic E-state index is 12.8. The van der Waals surface area contributed by atoms with E-state index in [9.17, 15) is 4.79 Å². The van der Waals surface area contributed by atoms with Crippen LogP contribution in [0.25, 0.3) is 10.9 Å². The summed E-state index contributed by atoms with van der Waals surface area (Å²) in [5.41, 5.74) is 0.879. The van der Waals surface area contributed by atoms with Crippen LogP contribution < -0.4 is 5.56 Å². The van der Waals surface area contributed by atoms with Gasteiger partial charge in [0, 0.05) is 12.1 Å². The maximum atomic E-state index is 12.8. The van der Waals surface area contributed by atoms with E-state index in [4.69, 9.17) is 12.2 Å². The fourth-order valence-corrected chi connectivity index (χ4v) is 3.67. The number of rotatable bonds is 3. The summed E-state index contributed by atoms with van der Waals surface area (Å²) in [5.74, 6) is 0. The number of nitrogens with one attached hydrogen (secondary N) is 1. The van der Waals surface area contributed by atoms with Crippen molar-refractivity contribution in [1.29, 1.82) is 0 Å². The molecule has 5 heteroatoms. The van der Waals surface area contributed by atoms with Crippen molar-refractivity contribution >= 4 is 23.1 Å². The van der Waals surface area contributed by atoms with Gasteiger partial charge in [0.1, 0.15) is 0 Å². The Kier molecular flexibility index (Phi) is 3.71. The van der Waals surface area contributed by atoms with E-state index in [1.54, 1.807) is 4.57 Å². The van der Waals surface area contributed by atoms with Crippen molar-refractivity contribution in [3.63, 3.8) is 0 Å². The summed E-state index contributed by atoms with van der Waals surface area (Å²) in [4.78, 5) is 18.2. The lowest BCUT2D eigenvalue weighted by atomic mass is 9.96. The van der Waals surface area contributed by atoms with Crippen LogP contribution in [0.5, 0.6) is 0 Å². The van der Waals surface area contributed by atoms with Gasteiger partial charge in [0.25, 0.3) is 5.56 Å². The SMILES string of the molecule is CN(C)C1(Cn2c(=S)[nH]c3ccccc3c2=O)CCCC1. The van der Waals surface area contributed by atoms with Gasteiger partial charge >= 0.3 is 0 Å². The predicted octanol–water partition coefficient (Wildman–Crippen LogP) is 2.93. The van der Waals surface area contributed by atoms with Crippen LogP contribution in [-0.4, -0.2) is 34.1 Å². The normalized spacial score (nSPS) is 17.7. The van der Waals surface area contributed by atoms with Gasteiger partial charge in [-0.15, -0.1) is 0 Å². The third-order valence-electron chi connectivity index (χ3n) is 4.82. The third-order valence-corrected chi connectivity index (χ3v) is 5.15. The number of fused-ring (bicyclic) bond motifs is 1. The smallest absolute Gasteiger partial charge is 0.262 e. The van der Waals surface area contributed by atoms with E-state index in [2.05, 4.69) is 24.0 Å². The summed E-state index contributed by atoms with van der Waals surface area (Å²) in [6, 6.07) is 7.56. The Morgan fingerprint density at radius 2 is 1.95 bits per heavy atom. The van der Waals surface area contributed by atoms with Crippen LogP contribution in [0.15, 0.2) is 29.1 Å². The second-order valence-electron chi connectivity index (χ2n) is 6.19. The van der Waals surface area contributed by atoms with Crippen LogP contribution >= 0.6 is 12.2 Å². The number of aromatic amines is 1. The molecule has 0 bridgehead atoms. The molecule has 0 spiro atoms. The highest BCUT2D eigenvalue weighted by Crippen LogP contribution is 2.35. The Balaban J connectivity index is 2.13. The van der Waals surface area contributed by atoms with E-state index >= 15 is 0 Å². The molecule has 2 aromatic rings. The van der Waals surface area contributed by atoms with E-state index in [0.29, 0.717) is 16.7 Å². The van der Waals surface area contributed by atoms with Crippen molar-refractivity contribution in [2.75, 3.05) is 14.1 Å². The summed E-state index contributed by atoms with van der Waals surface area (Å²) in [7, 11) is 4.20. The van der Waals surface area contributed by atoms with Gasteiger partial charge in [-0.1, -0.05) is 25.0 Å². The van der Waals surface area contributed by atoms with E-state index < -0.39 is 0 Å². The molecule has 1 N–H and O–H groups in total. The first-order valence-electron chi connectivity index (χ1n) is 7.43. The third kappa shape index (κ3) is 2.45. The molecule has 1 aromatic carbocycles. The molecule has 0 aliphatic heterocycles. The van der Waals surface area contributed by atoms with Crippen molar-refractivity contribution in [2.24, 2.45) is 0 Å². The highest BCUT2D eigenvalue weighted by molar-refractivity contribution is 7.71. The van der Waals surface area contributed by atoms with E-state index in [1.807, 2.05) is 24.3 Å². The minimum absolute atomic E-state index is 0.0162. The highest BCUT2D eigenvalue weighted by Gasteiger charge is 2.36. The molecule has 4 nitrogen and oxygen atoms in total. The topological polar surface area (TPSA) is 41.0 Å². The lowest BCUT2D eigenvalue weighted by Crippen LogP contribution is -2.47. The lowest BCUT2D eigenvalue weighted by Gasteiger charge is -2.36. The van der Waals surface area contributed by atoms with Crippen LogP contribution in [-0.2, 0) is 6.54 Å². The predicted molar refractivity (Wildman–Crippen MR) is 88.3 cm³/mol. The second-order valence-corrected chi connectivity index (χ2v) is 6.58. The van der Waals surface area contributed by atoms with Gasteiger partial charge in [-0.3, -0.25) is 9.36 Å². The van der Waals surface area contributed by atoms with Crippen LogP contribution in [0.1, 0.15) is 25.7 Å². The number of para-hydroxylation sites is 1. The van der Waals surface area contributed by atoms with Crippen LogP contribution in [0, 0.1) is 4.77 Å². The van der Waals surface area contributed by atoms with Crippen molar-refractivity contribution in [1.82, 2.24) is 14.5 Å². The molecule has 21 heavy (non-hydrogen) atoms. The molecular formula is C16H21N3OS. The standard InChI is InChI=1S/C16H21N3OS/c1-18(2)16(9-5-6-10-16)11-19-14(20)12-7-3-4-8-13(12)17-15(19)21/h3-4,7-8H,5-6,9-11H2,1-2H3,(H,17,21). The molecule has 1 saturated carbocycles. The summed E-state index contributed by atoms with van der Waals surface area (Å²) < 4.78 is 2.26. The van der Waals surface area contributed by atoms with Crippen LogP contribution in [0.3, 0.4) is 0 Å². The molecule has 112 valence electrons. The number of H-pyrrole nitrogens is 1. The molecule has 1 aliphatic rings. The largest absolute Gasteiger partial charge is 0.332 e. The summed E-state index contributed by atoms with van der Waals surface area (Å²) in [6.07, 6.45) is 4.68. The zero-order chi connectivity index (χ0) is 15.0. The Hall–Kier alpha value is -1.46. The molecule has 0 atom stereocenters. The van der Waals surface area contributed by atoms with E-state index in [1.165, 1.54) is 12.8 Å². The number of hydrogen-bond donors (Lipinski definition) is 1. The summed E-state index contributed by atoms with van der Waals surface area (Å²) >= 11 is 5.43. The first kappa shape index (κ1) is 14.5. The maximum Gasteiger partial charge on any atom is 0.262 e. The zero-order valence-corrected chi connectivity index (χ0v) is 13.4. The molecule has 1 aromatic heterocycles. The zero-order valence-electron chi connectivity index (χ0n) is 12.6. The Morgan fingerprint density at radius 1 is 1.29 bits per heavy atom. The van der Waals surface area contributed by atoms with Crippen molar-refractivity contribution in [2.45, 2.75) is 37.8 Å². The molecule has 1 aliphatic carbocycles. The molecular weight excluding hydrogens is 282 g/mol. The molecule has 1 fully saturated rings. The van der Waals surface area contributed by atoms with Crippen molar-refractivity contribution in [3.8, 4) is 0 Å². The fraction of sp³-hybridized carbons (Fsp3) is 0.500. The average Bonchev–Trinajstić information content (AvgIpc) is 2.93. The summed E-state index contributed by atoms with van der Waals surface area (Å²) in [6.45, 7) is 0.666. The van der Waals surface area contributed by atoms with Gasteiger partial charge < -0.3 is 9.88 Å². The Bertz CT molecular complexity index is 769. The minimum Gasteiger partial charge on any atom is -0.332 e. The highest BCUT2D eigenvalue weighted by atomic mass is 32.1. The molecule has 0 amide bonds. The first-order chi connectivity index (χ1) is 10.0. The van der Waals surface area contributed by atoms with Crippen LogP contribution in [0.4, 0.5) is 0 Å².